The Morgan fingerprint density at radius 2 is 2.14 bits per heavy atom. The Bertz CT molecular complexity index is 563. The molecular formula is C14H23N3O2S2. The minimum atomic E-state index is -3.59. The lowest BCUT2D eigenvalue weighted by atomic mass is 9.96. The van der Waals surface area contributed by atoms with E-state index in [1.807, 2.05) is 13.2 Å². The zero-order chi connectivity index (χ0) is 15.3. The molecule has 5 nitrogen and oxygen atoms in total. The SMILES string of the molecule is CCNc1cccnc1S(=O)(=O)NC1CCCCC1SC. The standard InChI is InChI=1S/C14H23N3O2S2/c1-3-15-12-8-6-10-16-14(12)21(18,19)17-11-7-4-5-9-13(11)20-2/h6,8,10-11,13,15,17H,3-5,7,9H2,1-2H3. The molecule has 1 aromatic heterocycles. The van der Waals surface area contributed by atoms with Crippen molar-refractivity contribution in [3.63, 3.8) is 0 Å². The van der Waals surface area contributed by atoms with Crippen molar-refractivity contribution in [2.75, 3.05) is 18.1 Å². The van der Waals surface area contributed by atoms with Gasteiger partial charge in [-0.2, -0.15) is 11.8 Å². The maximum Gasteiger partial charge on any atom is 0.260 e. The number of nitrogens with one attached hydrogen (secondary N) is 2. The highest BCUT2D eigenvalue weighted by atomic mass is 32.2. The summed E-state index contributed by atoms with van der Waals surface area (Å²) in [6.45, 7) is 2.59. The van der Waals surface area contributed by atoms with Gasteiger partial charge >= 0.3 is 0 Å². The molecule has 1 aliphatic rings. The second-order valence-electron chi connectivity index (χ2n) is 5.17. The van der Waals surface area contributed by atoms with Crippen molar-refractivity contribution >= 4 is 27.5 Å². The minimum absolute atomic E-state index is 0.00441. The second-order valence-corrected chi connectivity index (χ2v) is 7.88. The van der Waals surface area contributed by atoms with Crippen LogP contribution in [0.25, 0.3) is 0 Å². The van der Waals surface area contributed by atoms with Gasteiger partial charge in [-0.3, -0.25) is 0 Å². The summed E-state index contributed by atoms with van der Waals surface area (Å²) >= 11 is 1.74. The molecule has 0 aliphatic heterocycles. The summed E-state index contributed by atoms with van der Waals surface area (Å²) in [5.74, 6) is 0. The summed E-state index contributed by atoms with van der Waals surface area (Å²) in [4.78, 5) is 4.07. The largest absolute Gasteiger partial charge is 0.383 e. The van der Waals surface area contributed by atoms with Gasteiger partial charge in [-0.25, -0.2) is 18.1 Å². The highest BCUT2D eigenvalue weighted by Gasteiger charge is 2.30. The third kappa shape index (κ3) is 4.11. The number of rotatable bonds is 6. The van der Waals surface area contributed by atoms with E-state index >= 15 is 0 Å². The van der Waals surface area contributed by atoms with E-state index in [9.17, 15) is 8.42 Å². The fraction of sp³-hybridized carbons (Fsp3) is 0.643. The van der Waals surface area contributed by atoms with Gasteiger partial charge in [0.15, 0.2) is 5.03 Å². The van der Waals surface area contributed by atoms with E-state index in [1.54, 1.807) is 23.9 Å². The first-order valence-corrected chi connectivity index (χ1v) is 10.1. The van der Waals surface area contributed by atoms with Crippen LogP contribution in [0.4, 0.5) is 5.69 Å². The van der Waals surface area contributed by atoms with Crippen LogP contribution in [0.15, 0.2) is 23.4 Å². The van der Waals surface area contributed by atoms with E-state index in [-0.39, 0.29) is 11.1 Å². The lowest BCUT2D eigenvalue weighted by Gasteiger charge is -2.30. The third-order valence-electron chi connectivity index (χ3n) is 3.70. The summed E-state index contributed by atoms with van der Waals surface area (Å²) in [5, 5.41) is 3.50. The van der Waals surface area contributed by atoms with Crippen LogP contribution in [0.3, 0.4) is 0 Å². The van der Waals surface area contributed by atoms with Gasteiger partial charge in [0.25, 0.3) is 10.0 Å². The number of aromatic nitrogens is 1. The van der Waals surface area contributed by atoms with Gasteiger partial charge in [0.05, 0.1) is 5.69 Å². The van der Waals surface area contributed by atoms with Crippen LogP contribution in [0.1, 0.15) is 32.6 Å². The highest BCUT2D eigenvalue weighted by Crippen LogP contribution is 2.29. The van der Waals surface area contributed by atoms with Crippen molar-refractivity contribution in [1.82, 2.24) is 9.71 Å². The lowest BCUT2D eigenvalue weighted by Crippen LogP contribution is -2.43. The van der Waals surface area contributed by atoms with Crippen LogP contribution in [-0.4, -0.2) is 37.5 Å². The monoisotopic (exact) mass is 329 g/mol. The van der Waals surface area contributed by atoms with Crippen LogP contribution in [0, 0.1) is 0 Å². The normalized spacial score (nSPS) is 23.0. The van der Waals surface area contributed by atoms with E-state index in [1.165, 1.54) is 12.6 Å². The van der Waals surface area contributed by atoms with Crippen molar-refractivity contribution in [3.05, 3.63) is 18.3 Å². The van der Waals surface area contributed by atoms with Gasteiger partial charge in [0.1, 0.15) is 0 Å². The number of hydrogen-bond donors (Lipinski definition) is 2. The molecule has 1 aromatic rings. The number of nitrogens with zero attached hydrogens (tertiary/aromatic N) is 1. The maximum atomic E-state index is 12.6. The third-order valence-corrected chi connectivity index (χ3v) is 6.32. The Kier molecular flexibility index (Phi) is 5.89. The van der Waals surface area contributed by atoms with Crippen molar-refractivity contribution in [2.24, 2.45) is 0 Å². The number of anilines is 1. The summed E-state index contributed by atoms with van der Waals surface area (Å²) in [5.41, 5.74) is 0.559. The molecule has 7 heteroatoms. The molecule has 0 bridgehead atoms. The minimum Gasteiger partial charge on any atom is -0.383 e. The van der Waals surface area contributed by atoms with Crippen molar-refractivity contribution in [3.8, 4) is 0 Å². The molecule has 2 rings (SSSR count). The molecule has 2 unspecified atom stereocenters. The van der Waals surface area contributed by atoms with Crippen LogP contribution < -0.4 is 10.0 Å². The molecule has 1 heterocycles. The zero-order valence-electron chi connectivity index (χ0n) is 12.5. The van der Waals surface area contributed by atoms with Gasteiger partial charge in [-0.15, -0.1) is 0 Å². The van der Waals surface area contributed by atoms with Crippen molar-refractivity contribution in [2.45, 2.75) is 48.9 Å². The molecule has 118 valence electrons. The molecule has 0 saturated heterocycles. The van der Waals surface area contributed by atoms with E-state index < -0.39 is 10.0 Å². The van der Waals surface area contributed by atoms with Crippen LogP contribution in [0.5, 0.6) is 0 Å². The maximum absolute atomic E-state index is 12.6. The van der Waals surface area contributed by atoms with Gasteiger partial charge < -0.3 is 5.32 Å². The summed E-state index contributed by atoms with van der Waals surface area (Å²) in [6, 6.07) is 3.48. The van der Waals surface area contributed by atoms with Crippen molar-refractivity contribution in [1.29, 1.82) is 0 Å². The first kappa shape index (κ1) is 16.6. The average molecular weight is 329 g/mol. The predicted octanol–water partition coefficient (Wildman–Crippen LogP) is 2.47. The molecule has 1 aliphatic carbocycles. The predicted molar refractivity (Wildman–Crippen MR) is 88.3 cm³/mol. The fourth-order valence-electron chi connectivity index (χ4n) is 2.70. The first-order valence-electron chi connectivity index (χ1n) is 7.32. The Morgan fingerprint density at radius 3 is 2.86 bits per heavy atom. The molecule has 2 N–H and O–H groups in total. The average Bonchev–Trinajstić information content (AvgIpc) is 2.48. The smallest absolute Gasteiger partial charge is 0.260 e. The van der Waals surface area contributed by atoms with Gasteiger partial charge in [-0.05, 0) is 38.2 Å². The molecule has 0 aromatic carbocycles. The van der Waals surface area contributed by atoms with Crippen LogP contribution in [0.2, 0.25) is 0 Å². The Labute approximate surface area is 131 Å². The quantitative estimate of drug-likeness (QED) is 0.839. The van der Waals surface area contributed by atoms with Crippen molar-refractivity contribution < 1.29 is 8.42 Å². The zero-order valence-corrected chi connectivity index (χ0v) is 14.1. The van der Waals surface area contributed by atoms with Crippen LogP contribution in [-0.2, 0) is 10.0 Å². The molecule has 0 amide bonds. The molecule has 2 atom stereocenters. The number of pyridine rings is 1. The summed E-state index contributed by atoms with van der Waals surface area (Å²) in [7, 11) is -3.59. The Balaban J connectivity index is 2.21. The highest BCUT2D eigenvalue weighted by molar-refractivity contribution is 7.99. The molecule has 1 saturated carbocycles. The van der Waals surface area contributed by atoms with E-state index in [4.69, 9.17) is 0 Å². The van der Waals surface area contributed by atoms with E-state index in [2.05, 4.69) is 15.0 Å². The van der Waals surface area contributed by atoms with Gasteiger partial charge in [0, 0.05) is 24.0 Å². The first-order chi connectivity index (χ1) is 10.1. The second kappa shape index (κ2) is 7.47. The molecule has 0 spiro atoms. The summed E-state index contributed by atoms with van der Waals surface area (Å²) < 4.78 is 28.1. The number of thioether (sulfide) groups is 1. The van der Waals surface area contributed by atoms with Gasteiger partial charge in [-0.1, -0.05) is 12.8 Å². The number of sulfonamides is 1. The van der Waals surface area contributed by atoms with E-state index in [0.29, 0.717) is 17.5 Å². The molecule has 0 radical (unpaired) electrons. The van der Waals surface area contributed by atoms with Gasteiger partial charge in [0.2, 0.25) is 0 Å². The van der Waals surface area contributed by atoms with E-state index in [0.717, 1.165) is 19.3 Å². The lowest BCUT2D eigenvalue weighted by molar-refractivity contribution is 0.423. The topological polar surface area (TPSA) is 71.1 Å². The van der Waals surface area contributed by atoms with Crippen LogP contribution >= 0.6 is 11.8 Å². The molecule has 21 heavy (non-hydrogen) atoms. The molecule has 1 fully saturated rings. The Hall–Kier alpha value is -0.790. The number of hydrogen-bond acceptors (Lipinski definition) is 5. The molecular weight excluding hydrogens is 306 g/mol. The summed E-state index contributed by atoms with van der Waals surface area (Å²) in [6.07, 6.45) is 7.78. The fourth-order valence-corrected chi connectivity index (χ4v) is 5.14. The Morgan fingerprint density at radius 1 is 1.38 bits per heavy atom.